The van der Waals surface area contributed by atoms with Gasteiger partial charge in [0, 0.05) is 30.5 Å². The molecule has 1 aliphatic rings. The van der Waals surface area contributed by atoms with Gasteiger partial charge in [0.2, 0.25) is 0 Å². The van der Waals surface area contributed by atoms with Crippen LogP contribution in [0.5, 0.6) is 0 Å². The molecular weight excluding hydrogens is 234 g/mol. The SMILES string of the molecule is CCC(CC#N)Nc1ccc(N2CCCCC2)cc1. The van der Waals surface area contributed by atoms with E-state index in [0.29, 0.717) is 6.42 Å². The predicted octanol–water partition coefficient (Wildman–Crippen LogP) is 3.78. The Balaban J connectivity index is 1.95. The average molecular weight is 257 g/mol. The summed E-state index contributed by atoms with van der Waals surface area (Å²) in [5.74, 6) is 0. The van der Waals surface area contributed by atoms with Crippen molar-refractivity contribution in [1.82, 2.24) is 0 Å². The zero-order chi connectivity index (χ0) is 13.5. The summed E-state index contributed by atoms with van der Waals surface area (Å²) in [5.41, 5.74) is 2.43. The number of nitriles is 1. The van der Waals surface area contributed by atoms with E-state index >= 15 is 0 Å². The summed E-state index contributed by atoms with van der Waals surface area (Å²) in [6, 6.07) is 11.1. The highest BCUT2D eigenvalue weighted by Crippen LogP contribution is 2.22. The molecule has 0 bridgehead atoms. The standard InChI is InChI=1S/C16H23N3/c1-2-14(10-11-17)18-15-6-8-16(9-7-15)19-12-4-3-5-13-19/h6-9,14,18H,2-5,10,12-13H2,1H3. The second-order valence-corrected chi connectivity index (χ2v) is 5.21. The first kappa shape index (κ1) is 13.7. The molecule has 19 heavy (non-hydrogen) atoms. The molecule has 1 aromatic rings. The van der Waals surface area contributed by atoms with Crippen LogP contribution in [0.25, 0.3) is 0 Å². The molecule has 1 saturated heterocycles. The van der Waals surface area contributed by atoms with Crippen LogP contribution in [-0.2, 0) is 0 Å². The van der Waals surface area contributed by atoms with Crippen LogP contribution in [0.2, 0.25) is 0 Å². The number of hydrogen-bond donors (Lipinski definition) is 1. The second-order valence-electron chi connectivity index (χ2n) is 5.21. The molecule has 0 aromatic heterocycles. The zero-order valence-electron chi connectivity index (χ0n) is 11.7. The number of nitrogens with one attached hydrogen (secondary N) is 1. The molecule has 0 aliphatic carbocycles. The van der Waals surface area contributed by atoms with Gasteiger partial charge in [-0.25, -0.2) is 0 Å². The average Bonchev–Trinajstić information content (AvgIpc) is 2.48. The van der Waals surface area contributed by atoms with Crippen molar-refractivity contribution in [3.8, 4) is 6.07 Å². The minimum Gasteiger partial charge on any atom is -0.381 e. The van der Waals surface area contributed by atoms with Crippen molar-refractivity contribution in [2.45, 2.75) is 45.1 Å². The van der Waals surface area contributed by atoms with E-state index in [1.54, 1.807) is 0 Å². The van der Waals surface area contributed by atoms with Crippen LogP contribution in [-0.4, -0.2) is 19.1 Å². The number of nitrogens with zero attached hydrogens (tertiary/aromatic N) is 2. The van der Waals surface area contributed by atoms with Gasteiger partial charge in [-0.3, -0.25) is 0 Å². The molecule has 102 valence electrons. The van der Waals surface area contributed by atoms with Crippen molar-refractivity contribution >= 4 is 11.4 Å². The van der Waals surface area contributed by atoms with E-state index in [9.17, 15) is 0 Å². The summed E-state index contributed by atoms with van der Waals surface area (Å²) in [6.07, 6.45) is 5.51. The first-order chi connectivity index (χ1) is 9.33. The Morgan fingerprint density at radius 1 is 1.21 bits per heavy atom. The maximum Gasteiger partial charge on any atom is 0.0643 e. The van der Waals surface area contributed by atoms with Crippen LogP contribution in [0.3, 0.4) is 0 Å². The Kier molecular flexibility index (Phi) is 5.09. The Labute approximate surface area is 116 Å². The van der Waals surface area contributed by atoms with Gasteiger partial charge in [0.15, 0.2) is 0 Å². The first-order valence-electron chi connectivity index (χ1n) is 7.32. The number of piperidine rings is 1. The molecular formula is C16H23N3. The zero-order valence-corrected chi connectivity index (χ0v) is 11.7. The molecule has 3 heteroatoms. The summed E-state index contributed by atoms with van der Waals surface area (Å²) in [5, 5.41) is 12.2. The molecule has 0 radical (unpaired) electrons. The minimum atomic E-state index is 0.255. The molecule has 1 fully saturated rings. The van der Waals surface area contributed by atoms with Crippen LogP contribution in [0.4, 0.5) is 11.4 Å². The topological polar surface area (TPSA) is 39.1 Å². The van der Waals surface area contributed by atoms with Crippen molar-refractivity contribution in [3.05, 3.63) is 24.3 Å². The van der Waals surface area contributed by atoms with E-state index in [4.69, 9.17) is 5.26 Å². The Morgan fingerprint density at radius 3 is 2.47 bits per heavy atom. The molecule has 1 N–H and O–H groups in total. The molecule has 0 saturated carbocycles. The summed E-state index contributed by atoms with van der Waals surface area (Å²) in [6.45, 7) is 4.47. The smallest absolute Gasteiger partial charge is 0.0643 e. The van der Waals surface area contributed by atoms with Crippen LogP contribution in [0.15, 0.2) is 24.3 Å². The monoisotopic (exact) mass is 257 g/mol. The summed E-state index contributed by atoms with van der Waals surface area (Å²) < 4.78 is 0. The number of benzene rings is 1. The Morgan fingerprint density at radius 2 is 1.89 bits per heavy atom. The van der Waals surface area contributed by atoms with Crippen molar-refractivity contribution in [2.24, 2.45) is 0 Å². The predicted molar refractivity (Wildman–Crippen MR) is 80.4 cm³/mol. The lowest BCUT2D eigenvalue weighted by Crippen LogP contribution is -2.29. The minimum absolute atomic E-state index is 0.255. The third-order valence-electron chi connectivity index (χ3n) is 3.79. The van der Waals surface area contributed by atoms with Crippen LogP contribution < -0.4 is 10.2 Å². The molecule has 3 nitrogen and oxygen atoms in total. The van der Waals surface area contributed by atoms with E-state index in [0.717, 1.165) is 12.1 Å². The first-order valence-corrected chi connectivity index (χ1v) is 7.32. The lowest BCUT2D eigenvalue weighted by Gasteiger charge is -2.29. The summed E-state index contributed by atoms with van der Waals surface area (Å²) in [4.78, 5) is 2.46. The lowest BCUT2D eigenvalue weighted by molar-refractivity contribution is 0.578. The molecule has 1 unspecified atom stereocenters. The highest BCUT2D eigenvalue weighted by atomic mass is 15.1. The largest absolute Gasteiger partial charge is 0.381 e. The highest BCUT2D eigenvalue weighted by Gasteiger charge is 2.11. The van der Waals surface area contributed by atoms with Gasteiger partial charge in [0.1, 0.15) is 0 Å². The third kappa shape index (κ3) is 3.89. The fourth-order valence-corrected chi connectivity index (χ4v) is 2.56. The van der Waals surface area contributed by atoms with E-state index in [1.807, 2.05) is 0 Å². The summed E-state index contributed by atoms with van der Waals surface area (Å²) >= 11 is 0. The molecule has 1 atom stereocenters. The highest BCUT2D eigenvalue weighted by molar-refractivity contribution is 5.55. The van der Waals surface area contributed by atoms with Gasteiger partial charge in [-0.1, -0.05) is 6.92 Å². The van der Waals surface area contributed by atoms with E-state index in [-0.39, 0.29) is 6.04 Å². The fraction of sp³-hybridized carbons (Fsp3) is 0.562. The van der Waals surface area contributed by atoms with Crippen molar-refractivity contribution in [3.63, 3.8) is 0 Å². The van der Waals surface area contributed by atoms with E-state index in [1.165, 1.54) is 38.0 Å². The van der Waals surface area contributed by atoms with Gasteiger partial charge < -0.3 is 10.2 Å². The maximum atomic E-state index is 8.76. The van der Waals surface area contributed by atoms with Gasteiger partial charge in [-0.15, -0.1) is 0 Å². The van der Waals surface area contributed by atoms with Crippen LogP contribution in [0.1, 0.15) is 39.0 Å². The maximum absolute atomic E-state index is 8.76. The molecule has 1 heterocycles. The normalized spacial score (nSPS) is 16.7. The molecule has 0 amide bonds. The Bertz CT molecular complexity index is 413. The van der Waals surface area contributed by atoms with Gasteiger partial charge in [0.25, 0.3) is 0 Å². The van der Waals surface area contributed by atoms with Crippen LogP contribution >= 0.6 is 0 Å². The number of anilines is 2. The number of hydrogen-bond acceptors (Lipinski definition) is 3. The van der Waals surface area contributed by atoms with E-state index in [2.05, 4.69) is 47.5 Å². The number of rotatable bonds is 5. The molecule has 0 spiro atoms. The van der Waals surface area contributed by atoms with Gasteiger partial charge >= 0.3 is 0 Å². The van der Waals surface area contributed by atoms with Crippen LogP contribution in [0, 0.1) is 11.3 Å². The second kappa shape index (κ2) is 7.04. The van der Waals surface area contributed by atoms with Crippen molar-refractivity contribution in [1.29, 1.82) is 5.26 Å². The third-order valence-corrected chi connectivity index (χ3v) is 3.79. The quantitative estimate of drug-likeness (QED) is 0.872. The van der Waals surface area contributed by atoms with Gasteiger partial charge in [0.05, 0.1) is 12.5 Å². The molecule has 1 aliphatic heterocycles. The molecule has 2 rings (SSSR count). The molecule has 1 aromatic carbocycles. The van der Waals surface area contributed by atoms with Crippen molar-refractivity contribution in [2.75, 3.05) is 23.3 Å². The van der Waals surface area contributed by atoms with Gasteiger partial charge in [-0.05, 0) is 49.9 Å². The lowest BCUT2D eigenvalue weighted by atomic mass is 10.1. The fourth-order valence-electron chi connectivity index (χ4n) is 2.56. The summed E-state index contributed by atoms with van der Waals surface area (Å²) in [7, 11) is 0. The van der Waals surface area contributed by atoms with E-state index < -0.39 is 0 Å². The van der Waals surface area contributed by atoms with Gasteiger partial charge in [-0.2, -0.15) is 5.26 Å². The van der Waals surface area contributed by atoms with Crippen molar-refractivity contribution < 1.29 is 0 Å². The Hall–Kier alpha value is -1.69.